The zero-order valence-electron chi connectivity index (χ0n) is 11.5. The molecule has 1 atom stereocenters. The molecule has 1 unspecified atom stereocenters. The smallest absolute Gasteiger partial charge is 0.319 e. The van der Waals surface area contributed by atoms with Gasteiger partial charge in [-0.15, -0.1) is 0 Å². The molecule has 1 heterocycles. The topological polar surface area (TPSA) is 51.5 Å². The molecule has 0 amide bonds. The normalized spacial score (nSPS) is 12.6. The van der Waals surface area contributed by atoms with E-state index >= 15 is 0 Å². The Bertz CT molecular complexity index is 574. The third-order valence-corrected chi connectivity index (χ3v) is 3.26. The van der Waals surface area contributed by atoms with Crippen LogP contribution in [-0.4, -0.2) is 19.6 Å². The highest BCUT2D eigenvalue weighted by atomic mass is 16.5. The van der Waals surface area contributed by atoms with E-state index in [1.807, 2.05) is 25.1 Å². The van der Waals surface area contributed by atoms with Crippen LogP contribution in [0.4, 0.5) is 0 Å². The average molecular weight is 261 g/mol. The quantitative estimate of drug-likeness (QED) is 0.841. The number of fused-ring (bicyclic) bond motifs is 1. The van der Waals surface area contributed by atoms with E-state index in [1.54, 1.807) is 0 Å². The Balaban J connectivity index is 2.26. The summed E-state index contributed by atoms with van der Waals surface area (Å²) in [5.41, 5.74) is 2.08. The van der Waals surface area contributed by atoms with Gasteiger partial charge in [-0.2, -0.15) is 0 Å². The van der Waals surface area contributed by atoms with Crippen molar-refractivity contribution >= 4 is 16.9 Å². The fourth-order valence-electron chi connectivity index (χ4n) is 2.23. The van der Waals surface area contributed by atoms with Crippen LogP contribution in [0.25, 0.3) is 11.0 Å². The standard InChI is InChI=1S/C15H19NO3/c1-4-11-12-7-5-6-8-13(12)19-15(11)10(2)16-9-14(17)18-3/h5-8,10,16H,4,9H2,1-3H3. The van der Waals surface area contributed by atoms with Gasteiger partial charge >= 0.3 is 5.97 Å². The van der Waals surface area contributed by atoms with Crippen molar-refractivity contribution in [1.29, 1.82) is 0 Å². The summed E-state index contributed by atoms with van der Waals surface area (Å²) in [6.45, 7) is 4.27. The van der Waals surface area contributed by atoms with Gasteiger partial charge in [-0.05, 0) is 19.4 Å². The number of esters is 1. The molecule has 0 fully saturated rings. The Hall–Kier alpha value is -1.81. The van der Waals surface area contributed by atoms with Gasteiger partial charge in [-0.3, -0.25) is 10.1 Å². The third-order valence-electron chi connectivity index (χ3n) is 3.26. The Labute approximate surface area is 112 Å². The van der Waals surface area contributed by atoms with Crippen LogP contribution in [-0.2, 0) is 16.0 Å². The van der Waals surface area contributed by atoms with Gasteiger partial charge in [0, 0.05) is 10.9 Å². The number of methoxy groups -OCH3 is 1. The Morgan fingerprint density at radius 2 is 2.16 bits per heavy atom. The van der Waals surface area contributed by atoms with Crippen LogP contribution in [0.1, 0.15) is 31.2 Å². The lowest BCUT2D eigenvalue weighted by atomic mass is 10.1. The molecular formula is C15H19NO3. The van der Waals surface area contributed by atoms with Crippen molar-refractivity contribution in [3.05, 3.63) is 35.6 Å². The summed E-state index contributed by atoms with van der Waals surface area (Å²) in [6.07, 6.45) is 0.899. The molecule has 2 aromatic rings. The van der Waals surface area contributed by atoms with Crippen LogP contribution < -0.4 is 5.32 Å². The number of carbonyl (C=O) groups excluding carboxylic acids is 1. The highest BCUT2D eigenvalue weighted by Gasteiger charge is 2.18. The van der Waals surface area contributed by atoms with Gasteiger partial charge in [0.25, 0.3) is 0 Å². The molecule has 0 saturated heterocycles. The molecule has 0 aliphatic heterocycles. The van der Waals surface area contributed by atoms with Crippen LogP contribution in [0, 0.1) is 0 Å². The largest absolute Gasteiger partial charge is 0.468 e. The number of hydrogen-bond donors (Lipinski definition) is 1. The highest BCUT2D eigenvalue weighted by Crippen LogP contribution is 2.30. The summed E-state index contributed by atoms with van der Waals surface area (Å²) in [5, 5.41) is 4.26. The van der Waals surface area contributed by atoms with Gasteiger partial charge in [0.15, 0.2) is 0 Å². The fraction of sp³-hybridized carbons (Fsp3) is 0.400. The van der Waals surface area contributed by atoms with Crippen LogP contribution in [0.5, 0.6) is 0 Å². The zero-order valence-corrected chi connectivity index (χ0v) is 11.5. The molecule has 0 saturated carbocycles. The van der Waals surface area contributed by atoms with Crippen LogP contribution in [0.15, 0.2) is 28.7 Å². The summed E-state index contributed by atoms with van der Waals surface area (Å²) in [5.74, 6) is 0.619. The first-order valence-electron chi connectivity index (χ1n) is 6.47. The van der Waals surface area contributed by atoms with Gasteiger partial charge in [0.2, 0.25) is 0 Å². The lowest BCUT2D eigenvalue weighted by Crippen LogP contribution is -2.26. The summed E-state index contributed by atoms with van der Waals surface area (Å²) in [7, 11) is 1.38. The number of para-hydroxylation sites is 1. The molecule has 4 heteroatoms. The van der Waals surface area contributed by atoms with Crippen molar-refractivity contribution in [1.82, 2.24) is 5.32 Å². The summed E-state index contributed by atoms with van der Waals surface area (Å²) in [6, 6.07) is 7.97. The predicted molar refractivity (Wildman–Crippen MR) is 74.0 cm³/mol. The number of ether oxygens (including phenoxy) is 1. The average Bonchev–Trinajstić information content (AvgIpc) is 2.82. The first-order valence-corrected chi connectivity index (χ1v) is 6.47. The zero-order chi connectivity index (χ0) is 13.8. The van der Waals surface area contributed by atoms with Crippen LogP contribution >= 0.6 is 0 Å². The van der Waals surface area contributed by atoms with E-state index in [4.69, 9.17) is 4.42 Å². The maximum atomic E-state index is 11.2. The molecule has 0 aliphatic rings. The number of benzene rings is 1. The number of hydrogen-bond acceptors (Lipinski definition) is 4. The van der Waals surface area contributed by atoms with Gasteiger partial charge in [-0.25, -0.2) is 0 Å². The summed E-state index contributed by atoms with van der Waals surface area (Å²) >= 11 is 0. The molecule has 4 nitrogen and oxygen atoms in total. The third kappa shape index (κ3) is 2.79. The van der Waals surface area contributed by atoms with E-state index in [-0.39, 0.29) is 18.6 Å². The minimum atomic E-state index is -0.277. The van der Waals surface area contributed by atoms with E-state index in [9.17, 15) is 4.79 Å². The highest BCUT2D eigenvalue weighted by molar-refractivity contribution is 5.82. The van der Waals surface area contributed by atoms with Crippen molar-refractivity contribution < 1.29 is 13.9 Å². The molecule has 0 spiro atoms. The second-order valence-electron chi connectivity index (χ2n) is 4.47. The monoisotopic (exact) mass is 261 g/mol. The van der Waals surface area contributed by atoms with Crippen molar-refractivity contribution in [2.45, 2.75) is 26.3 Å². The second kappa shape index (κ2) is 5.89. The maximum absolute atomic E-state index is 11.2. The molecule has 0 radical (unpaired) electrons. The maximum Gasteiger partial charge on any atom is 0.319 e. The Kier molecular flexibility index (Phi) is 4.22. The number of rotatable bonds is 5. The molecule has 1 aromatic heterocycles. The van der Waals surface area contributed by atoms with E-state index in [0.29, 0.717) is 0 Å². The van der Waals surface area contributed by atoms with Crippen LogP contribution in [0.3, 0.4) is 0 Å². The molecular weight excluding hydrogens is 242 g/mol. The van der Waals surface area contributed by atoms with Crippen LogP contribution in [0.2, 0.25) is 0 Å². The molecule has 102 valence electrons. The Morgan fingerprint density at radius 1 is 1.42 bits per heavy atom. The van der Waals surface area contributed by atoms with Gasteiger partial charge in [0.1, 0.15) is 11.3 Å². The predicted octanol–water partition coefficient (Wildman–Crippen LogP) is 2.82. The lowest BCUT2D eigenvalue weighted by Gasteiger charge is -2.12. The number of furan rings is 1. The summed E-state index contributed by atoms with van der Waals surface area (Å²) in [4.78, 5) is 11.2. The van der Waals surface area contributed by atoms with Crippen molar-refractivity contribution in [2.24, 2.45) is 0 Å². The van der Waals surface area contributed by atoms with E-state index in [1.165, 1.54) is 12.7 Å². The molecule has 1 aromatic carbocycles. The first-order chi connectivity index (χ1) is 9.17. The molecule has 2 rings (SSSR count). The van der Waals surface area contributed by atoms with E-state index < -0.39 is 0 Å². The molecule has 19 heavy (non-hydrogen) atoms. The SMILES string of the molecule is CCc1c(C(C)NCC(=O)OC)oc2ccccc12. The molecule has 0 aliphatic carbocycles. The second-order valence-corrected chi connectivity index (χ2v) is 4.47. The van der Waals surface area contributed by atoms with Gasteiger partial charge < -0.3 is 9.15 Å². The molecule has 0 bridgehead atoms. The minimum Gasteiger partial charge on any atom is -0.468 e. The lowest BCUT2D eigenvalue weighted by molar-refractivity contribution is -0.139. The van der Waals surface area contributed by atoms with E-state index in [0.717, 1.165) is 23.2 Å². The van der Waals surface area contributed by atoms with Crippen molar-refractivity contribution in [3.63, 3.8) is 0 Å². The van der Waals surface area contributed by atoms with Gasteiger partial charge in [0.05, 0.1) is 19.7 Å². The van der Waals surface area contributed by atoms with Crippen molar-refractivity contribution in [2.75, 3.05) is 13.7 Å². The number of aryl methyl sites for hydroxylation is 1. The van der Waals surface area contributed by atoms with Crippen molar-refractivity contribution in [3.8, 4) is 0 Å². The Morgan fingerprint density at radius 3 is 2.84 bits per heavy atom. The molecule has 1 N–H and O–H groups in total. The number of nitrogens with one attached hydrogen (secondary N) is 1. The summed E-state index contributed by atoms with van der Waals surface area (Å²) < 4.78 is 10.5. The number of carbonyl (C=O) groups is 1. The first kappa shape index (κ1) is 13.6. The van der Waals surface area contributed by atoms with Gasteiger partial charge in [-0.1, -0.05) is 25.1 Å². The van der Waals surface area contributed by atoms with E-state index in [2.05, 4.69) is 23.0 Å². The minimum absolute atomic E-state index is 0.0264. The fourth-order valence-corrected chi connectivity index (χ4v) is 2.23.